The average molecular weight is 415 g/mol. The minimum Gasteiger partial charge on any atom is -0.297 e. The number of imide groups is 1. The van der Waals surface area contributed by atoms with Gasteiger partial charge < -0.3 is 0 Å². The third kappa shape index (κ3) is 3.87. The van der Waals surface area contributed by atoms with Crippen molar-refractivity contribution in [3.05, 3.63) is 70.8 Å². The highest BCUT2D eigenvalue weighted by Crippen LogP contribution is 2.34. The maximum atomic E-state index is 13.0. The van der Waals surface area contributed by atoms with Gasteiger partial charge in [0.1, 0.15) is 0 Å². The molecule has 0 bridgehead atoms. The second kappa shape index (κ2) is 8.26. The Labute approximate surface area is 182 Å². The molecule has 0 N–H and O–H groups in total. The Bertz CT molecular complexity index is 1020. The fourth-order valence-electron chi connectivity index (χ4n) is 5.17. The summed E-state index contributed by atoms with van der Waals surface area (Å²) in [6.45, 7) is 5.04. The van der Waals surface area contributed by atoms with Gasteiger partial charge in [0.25, 0.3) is 0 Å². The number of hydrogen-bond acceptors (Lipinski definition) is 5. The Morgan fingerprint density at radius 2 is 1.55 bits per heavy atom. The van der Waals surface area contributed by atoms with Gasteiger partial charge in [-0.15, -0.1) is 0 Å². The highest BCUT2D eigenvalue weighted by molar-refractivity contribution is 6.05. The predicted octanol–water partition coefficient (Wildman–Crippen LogP) is 2.03. The van der Waals surface area contributed by atoms with E-state index in [1.807, 2.05) is 24.3 Å². The van der Waals surface area contributed by atoms with Crippen LogP contribution in [0.2, 0.25) is 0 Å². The molecule has 2 aromatic rings. The van der Waals surface area contributed by atoms with Crippen molar-refractivity contribution in [1.82, 2.24) is 14.7 Å². The molecule has 0 spiro atoms. The van der Waals surface area contributed by atoms with Gasteiger partial charge in [-0.05, 0) is 35.2 Å². The van der Waals surface area contributed by atoms with E-state index in [2.05, 4.69) is 40.1 Å². The van der Waals surface area contributed by atoms with Crippen molar-refractivity contribution in [2.45, 2.75) is 19.5 Å². The van der Waals surface area contributed by atoms with E-state index in [1.54, 1.807) is 0 Å². The van der Waals surface area contributed by atoms with Crippen LogP contribution in [-0.4, -0.2) is 59.2 Å². The molecule has 2 fully saturated rings. The summed E-state index contributed by atoms with van der Waals surface area (Å²) in [5, 5.41) is 8.93. The van der Waals surface area contributed by atoms with Crippen molar-refractivity contribution < 1.29 is 9.59 Å². The van der Waals surface area contributed by atoms with E-state index in [0.29, 0.717) is 31.7 Å². The van der Waals surface area contributed by atoms with Crippen LogP contribution in [0, 0.1) is 23.2 Å². The number of amides is 2. The molecular weight excluding hydrogens is 388 g/mol. The van der Waals surface area contributed by atoms with Crippen molar-refractivity contribution in [3.63, 3.8) is 0 Å². The SMILES string of the molecule is N#Cc1ccc(CN2C[C@@H]3C(=O)N(CCN4CCc5ccccc5C4)C(=O)[C@@H]3C2)cc1. The summed E-state index contributed by atoms with van der Waals surface area (Å²) in [4.78, 5) is 32.0. The summed E-state index contributed by atoms with van der Waals surface area (Å²) in [6, 6.07) is 18.1. The van der Waals surface area contributed by atoms with Gasteiger partial charge in [-0.3, -0.25) is 24.3 Å². The molecular formula is C25H26N4O2. The second-order valence-electron chi connectivity index (χ2n) is 8.84. The number of nitriles is 1. The van der Waals surface area contributed by atoms with Crippen molar-refractivity contribution in [3.8, 4) is 6.07 Å². The normalized spacial score (nSPS) is 23.6. The maximum absolute atomic E-state index is 13.0. The number of hydrogen-bond donors (Lipinski definition) is 0. The molecule has 5 rings (SSSR count). The van der Waals surface area contributed by atoms with Crippen LogP contribution in [0.4, 0.5) is 0 Å². The molecule has 31 heavy (non-hydrogen) atoms. The first-order valence-corrected chi connectivity index (χ1v) is 11.0. The smallest absolute Gasteiger partial charge is 0.234 e. The van der Waals surface area contributed by atoms with Crippen molar-refractivity contribution >= 4 is 11.8 Å². The molecule has 3 aliphatic heterocycles. The Kier molecular flexibility index (Phi) is 5.31. The molecule has 2 atom stereocenters. The van der Waals surface area contributed by atoms with Crippen LogP contribution < -0.4 is 0 Å². The molecule has 2 aromatic carbocycles. The van der Waals surface area contributed by atoms with Crippen molar-refractivity contribution in [1.29, 1.82) is 5.26 Å². The number of carbonyl (C=O) groups excluding carboxylic acids is 2. The lowest BCUT2D eigenvalue weighted by molar-refractivity contribution is -0.140. The number of nitrogens with zero attached hydrogens (tertiary/aromatic N) is 4. The maximum Gasteiger partial charge on any atom is 0.234 e. The van der Waals surface area contributed by atoms with E-state index in [9.17, 15) is 9.59 Å². The van der Waals surface area contributed by atoms with Crippen molar-refractivity contribution in [2.75, 3.05) is 32.7 Å². The van der Waals surface area contributed by atoms with Crippen LogP contribution in [0.25, 0.3) is 0 Å². The van der Waals surface area contributed by atoms with Crippen LogP contribution in [0.3, 0.4) is 0 Å². The van der Waals surface area contributed by atoms with Gasteiger partial charge in [0.2, 0.25) is 11.8 Å². The monoisotopic (exact) mass is 414 g/mol. The van der Waals surface area contributed by atoms with Gasteiger partial charge >= 0.3 is 0 Å². The average Bonchev–Trinajstić information content (AvgIpc) is 3.31. The van der Waals surface area contributed by atoms with Crippen LogP contribution >= 0.6 is 0 Å². The molecule has 0 unspecified atom stereocenters. The van der Waals surface area contributed by atoms with Crippen LogP contribution in [-0.2, 0) is 29.1 Å². The predicted molar refractivity (Wildman–Crippen MR) is 116 cm³/mol. The molecule has 0 aromatic heterocycles. The fraction of sp³-hybridized carbons (Fsp3) is 0.400. The molecule has 2 amide bonds. The van der Waals surface area contributed by atoms with Gasteiger partial charge in [0.15, 0.2) is 0 Å². The van der Waals surface area contributed by atoms with Gasteiger partial charge in [-0.2, -0.15) is 5.26 Å². The van der Waals surface area contributed by atoms with Gasteiger partial charge in [0.05, 0.1) is 23.5 Å². The second-order valence-corrected chi connectivity index (χ2v) is 8.84. The number of fused-ring (bicyclic) bond motifs is 2. The zero-order valence-corrected chi connectivity index (χ0v) is 17.5. The van der Waals surface area contributed by atoms with Crippen molar-refractivity contribution in [2.24, 2.45) is 11.8 Å². The summed E-state index contributed by atoms with van der Waals surface area (Å²) >= 11 is 0. The highest BCUT2D eigenvalue weighted by Gasteiger charge is 2.51. The molecule has 2 saturated heterocycles. The van der Waals surface area contributed by atoms with E-state index in [1.165, 1.54) is 16.0 Å². The third-order valence-electron chi connectivity index (χ3n) is 6.90. The summed E-state index contributed by atoms with van der Waals surface area (Å²) in [5.74, 6) is -0.439. The number of rotatable bonds is 5. The lowest BCUT2D eigenvalue weighted by Gasteiger charge is -2.30. The quantitative estimate of drug-likeness (QED) is 0.701. The molecule has 0 radical (unpaired) electrons. The van der Waals surface area contributed by atoms with E-state index in [0.717, 1.165) is 31.6 Å². The highest BCUT2D eigenvalue weighted by atomic mass is 16.2. The lowest BCUT2D eigenvalue weighted by Crippen LogP contribution is -2.42. The first-order valence-electron chi connectivity index (χ1n) is 11.0. The lowest BCUT2D eigenvalue weighted by atomic mass is 10.00. The molecule has 6 heteroatoms. The first kappa shape index (κ1) is 19.9. The Morgan fingerprint density at radius 3 is 2.23 bits per heavy atom. The summed E-state index contributed by atoms with van der Waals surface area (Å²) in [6.07, 6.45) is 1.02. The molecule has 6 nitrogen and oxygen atoms in total. The van der Waals surface area contributed by atoms with Crippen LogP contribution in [0.15, 0.2) is 48.5 Å². The standard InChI is InChI=1S/C25H26N4O2/c26-13-18-5-7-19(8-6-18)14-28-16-22-23(17-28)25(31)29(24(22)30)12-11-27-10-9-20-3-1-2-4-21(20)15-27/h1-8,22-23H,9-12,14-17H2/t22-,23+. The zero-order valence-electron chi connectivity index (χ0n) is 17.5. The molecule has 3 aliphatic rings. The molecule has 0 aliphatic carbocycles. The summed E-state index contributed by atoms with van der Waals surface area (Å²) < 4.78 is 0. The zero-order chi connectivity index (χ0) is 21.4. The number of benzene rings is 2. The minimum atomic E-state index is -0.215. The fourth-order valence-corrected chi connectivity index (χ4v) is 5.17. The largest absolute Gasteiger partial charge is 0.297 e. The number of carbonyl (C=O) groups is 2. The third-order valence-corrected chi connectivity index (χ3v) is 6.90. The van der Waals surface area contributed by atoms with E-state index in [4.69, 9.17) is 5.26 Å². The number of likely N-dealkylation sites (tertiary alicyclic amines) is 2. The first-order chi connectivity index (χ1) is 15.1. The van der Waals surface area contributed by atoms with E-state index >= 15 is 0 Å². The Balaban J connectivity index is 1.16. The molecule has 3 heterocycles. The minimum absolute atomic E-state index is 0.00487. The van der Waals surface area contributed by atoms with Gasteiger partial charge in [0, 0.05) is 45.8 Å². The van der Waals surface area contributed by atoms with E-state index < -0.39 is 0 Å². The Morgan fingerprint density at radius 1 is 0.871 bits per heavy atom. The van der Waals surface area contributed by atoms with Gasteiger partial charge in [-0.1, -0.05) is 36.4 Å². The van der Waals surface area contributed by atoms with Crippen LogP contribution in [0.5, 0.6) is 0 Å². The topological polar surface area (TPSA) is 67.7 Å². The summed E-state index contributed by atoms with van der Waals surface area (Å²) in [7, 11) is 0. The molecule has 158 valence electrons. The Hall–Kier alpha value is -3.01. The molecule has 0 saturated carbocycles. The van der Waals surface area contributed by atoms with E-state index in [-0.39, 0.29) is 23.7 Å². The van der Waals surface area contributed by atoms with Gasteiger partial charge in [-0.25, -0.2) is 0 Å². The summed E-state index contributed by atoms with van der Waals surface area (Å²) in [5.41, 5.74) is 4.49. The van der Waals surface area contributed by atoms with Crippen LogP contribution in [0.1, 0.15) is 22.3 Å².